The maximum Gasteiger partial charge on any atom is 0.203 e. The molecular weight excluding hydrogens is 332 g/mol. The van der Waals surface area contributed by atoms with E-state index in [1.165, 1.54) is 0 Å². The molecule has 1 saturated heterocycles. The van der Waals surface area contributed by atoms with Gasteiger partial charge < -0.3 is 36.7 Å². The van der Waals surface area contributed by atoms with Crippen LogP contribution in [0.25, 0.3) is 0 Å². The molecule has 6 nitrogen and oxygen atoms in total. The van der Waals surface area contributed by atoms with E-state index < -0.39 is 0 Å². The number of benzene rings is 1. The van der Waals surface area contributed by atoms with Crippen LogP contribution < -0.4 is 31.9 Å². The van der Waals surface area contributed by atoms with Crippen LogP contribution in [0.4, 0.5) is 0 Å². The number of fused-ring (bicyclic) bond motifs is 1. The Morgan fingerprint density at radius 3 is 2.75 bits per heavy atom. The quantitative estimate of drug-likeness (QED) is 0.551. The van der Waals surface area contributed by atoms with Gasteiger partial charge in [0, 0.05) is 19.6 Å². The Morgan fingerprint density at radius 1 is 1.04 bits per heavy atom. The van der Waals surface area contributed by atoms with Crippen molar-refractivity contribution in [2.75, 3.05) is 65.8 Å². The zero-order chi connectivity index (χ0) is 15.7. The largest absolute Gasteiger partial charge is 1.00 e. The molecule has 2 aliphatic heterocycles. The van der Waals surface area contributed by atoms with E-state index in [2.05, 4.69) is 10.2 Å². The van der Waals surface area contributed by atoms with Crippen LogP contribution in [-0.4, -0.2) is 70.7 Å². The Bertz CT molecular complexity index is 484. The Hall–Kier alpha value is -1.21. The summed E-state index contributed by atoms with van der Waals surface area (Å²) in [6, 6.07) is 5.76. The molecule has 0 unspecified atom stereocenters. The highest BCUT2D eigenvalue weighted by molar-refractivity contribution is 5.51. The van der Waals surface area contributed by atoms with Crippen molar-refractivity contribution in [3.63, 3.8) is 0 Å². The molecule has 1 N–H and O–H groups in total. The van der Waals surface area contributed by atoms with Crippen molar-refractivity contribution in [1.29, 1.82) is 0 Å². The first-order valence-electron chi connectivity index (χ1n) is 8.46. The van der Waals surface area contributed by atoms with Gasteiger partial charge in [0.1, 0.15) is 19.8 Å². The fraction of sp³-hybridized carbons (Fsp3) is 0.647. The van der Waals surface area contributed by atoms with Crippen LogP contribution in [-0.2, 0) is 4.74 Å². The molecule has 0 spiro atoms. The molecule has 1 aromatic rings. The molecule has 0 aliphatic carbocycles. The molecule has 1 aromatic carbocycles. The predicted molar refractivity (Wildman–Crippen MR) is 87.7 cm³/mol. The number of hydrogen-bond donors (Lipinski definition) is 1. The summed E-state index contributed by atoms with van der Waals surface area (Å²) < 4.78 is 22.3. The third kappa shape index (κ3) is 5.70. The van der Waals surface area contributed by atoms with Gasteiger partial charge in [0.2, 0.25) is 5.75 Å². The highest BCUT2D eigenvalue weighted by Gasteiger charge is 2.16. The fourth-order valence-corrected chi connectivity index (χ4v) is 2.77. The van der Waals surface area contributed by atoms with E-state index in [4.69, 9.17) is 18.9 Å². The van der Waals surface area contributed by atoms with E-state index in [0.717, 1.165) is 69.6 Å². The number of hydrogen-bond acceptors (Lipinski definition) is 6. The standard InChI is InChI=1S/C17H26N2O4.ClH/c1-3-15(17-16(4-1)22-13-14-23-17)21-10-6-18-5-2-7-19-8-11-20-12-9-19;/h1,3-4,18H,2,5-14H2;1H/p-1. The lowest BCUT2D eigenvalue weighted by Crippen LogP contribution is -3.00. The first-order chi connectivity index (χ1) is 11.4. The fourth-order valence-electron chi connectivity index (χ4n) is 2.77. The molecule has 136 valence electrons. The maximum atomic E-state index is 5.81. The summed E-state index contributed by atoms with van der Waals surface area (Å²) in [5, 5.41) is 3.42. The van der Waals surface area contributed by atoms with Crippen molar-refractivity contribution >= 4 is 0 Å². The minimum Gasteiger partial charge on any atom is -1.00 e. The number of halogens is 1. The molecule has 0 bridgehead atoms. The molecule has 0 radical (unpaired) electrons. The van der Waals surface area contributed by atoms with Gasteiger partial charge in [0.05, 0.1) is 13.2 Å². The third-order valence-electron chi connectivity index (χ3n) is 4.00. The zero-order valence-electron chi connectivity index (χ0n) is 14.0. The first kappa shape index (κ1) is 19.1. The number of ether oxygens (including phenoxy) is 4. The minimum absolute atomic E-state index is 0. The molecule has 3 rings (SSSR count). The topological polar surface area (TPSA) is 52.2 Å². The van der Waals surface area contributed by atoms with Crippen LogP contribution >= 0.6 is 0 Å². The molecule has 24 heavy (non-hydrogen) atoms. The smallest absolute Gasteiger partial charge is 0.203 e. The molecule has 2 heterocycles. The van der Waals surface area contributed by atoms with Gasteiger partial charge in [-0.3, -0.25) is 4.90 Å². The highest BCUT2D eigenvalue weighted by atomic mass is 35.5. The molecular formula is C17H26ClN2O4-. The summed E-state index contributed by atoms with van der Waals surface area (Å²) in [5.74, 6) is 2.26. The Morgan fingerprint density at radius 2 is 1.88 bits per heavy atom. The van der Waals surface area contributed by atoms with Gasteiger partial charge in [-0.1, -0.05) is 6.07 Å². The van der Waals surface area contributed by atoms with Crippen LogP contribution in [0.1, 0.15) is 6.42 Å². The van der Waals surface area contributed by atoms with Gasteiger partial charge in [-0.15, -0.1) is 0 Å². The SMILES string of the molecule is [Cl-].c1cc(OCCNCCCN2CCOCC2)c2c(c1)OCCO2. The summed E-state index contributed by atoms with van der Waals surface area (Å²) in [7, 11) is 0. The van der Waals surface area contributed by atoms with E-state index in [1.54, 1.807) is 0 Å². The average molecular weight is 358 g/mol. The lowest BCUT2D eigenvalue weighted by molar-refractivity contribution is -0.00000721. The second kappa shape index (κ2) is 10.6. The molecule has 0 aromatic heterocycles. The predicted octanol–water partition coefficient (Wildman–Crippen LogP) is -1.85. The molecule has 7 heteroatoms. The van der Waals surface area contributed by atoms with Gasteiger partial charge in [-0.2, -0.15) is 0 Å². The van der Waals surface area contributed by atoms with E-state index in [9.17, 15) is 0 Å². The van der Waals surface area contributed by atoms with Gasteiger partial charge in [-0.25, -0.2) is 0 Å². The third-order valence-corrected chi connectivity index (χ3v) is 4.00. The maximum absolute atomic E-state index is 5.81. The summed E-state index contributed by atoms with van der Waals surface area (Å²) >= 11 is 0. The molecule has 0 atom stereocenters. The zero-order valence-corrected chi connectivity index (χ0v) is 14.7. The summed E-state index contributed by atoms with van der Waals surface area (Å²) in [4.78, 5) is 2.45. The van der Waals surface area contributed by atoms with Crippen LogP contribution in [0.15, 0.2) is 18.2 Å². The molecule has 1 fully saturated rings. The van der Waals surface area contributed by atoms with Crippen LogP contribution in [0.5, 0.6) is 17.2 Å². The summed E-state index contributed by atoms with van der Waals surface area (Å²) in [6.45, 7) is 8.62. The summed E-state index contributed by atoms with van der Waals surface area (Å²) in [6.07, 6.45) is 1.15. The van der Waals surface area contributed by atoms with E-state index in [1.807, 2.05) is 18.2 Å². The van der Waals surface area contributed by atoms with Crippen LogP contribution in [0.3, 0.4) is 0 Å². The van der Waals surface area contributed by atoms with Crippen LogP contribution in [0, 0.1) is 0 Å². The van der Waals surface area contributed by atoms with Gasteiger partial charge in [0.25, 0.3) is 0 Å². The molecule has 0 saturated carbocycles. The van der Waals surface area contributed by atoms with E-state index in [-0.39, 0.29) is 12.4 Å². The number of nitrogens with one attached hydrogen (secondary N) is 1. The first-order valence-corrected chi connectivity index (χ1v) is 8.46. The van der Waals surface area contributed by atoms with Crippen molar-refractivity contribution in [2.45, 2.75) is 6.42 Å². The number of nitrogens with zero attached hydrogens (tertiary/aromatic N) is 1. The van der Waals surface area contributed by atoms with E-state index >= 15 is 0 Å². The molecule has 2 aliphatic rings. The lowest BCUT2D eigenvalue weighted by atomic mass is 10.3. The van der Waals surface area contributed by atoms with Gasteiger partial charge >= 0.3 is 0 Å². The second-order valence-corrected chi connectivity index (χ2v) is 5.69. The minimum atomic E-state index is 0. The monoisotopic (exact) mass is 357 g/mol. The van der Waals surface area contributed by atoms with Crippen molar-refractivity contribution in [2.24, 2.45) is 0 Å². The summed E-state index contributed by atoms with van der Waals surface area (Å²) in [5.41, 5.74) is 0. The van der Waals surface area contributed by atoms with E-state index in [0.29, 0.717) is 19.8 Å². The lowest BCUT2D eigenvalue weighted by Gasteiger charge is -2.26. The highest BCUT2D eigenvalue weighted by Crippen LogP contribution is 2.38. The van der Waals surface area contributed by atoms with Crippen molar-refractivity contribution in [3.8, 4) is 17.2 Å². The Kier molecular flexibility index (Phi) is 8.45. The Balaban J connectivity index is 0.00000208. The van der Waals surface area contributed by atoms with Crippen molar-refractivity contribution in [1.82, 2.24) is 10.2 Å². The number of morpholine rings is 1. The van der Waals surface area contributed by atoms with Gasteiger partial charge in [0.15, 0.2) is 11.5 Å². The second-order valence-electron chi connectivity index (χ2n) is 5.69. The molecule has 0 amide bonds. The average Bonchev–Trinajstić information content (AvgIpc) is 2.62. The number of para-hydroxylation sites is 1. The van der Waals surface area contributed by atoms with Gasteiger partial charge in [-0.05, 0) is 31.6 Å². The number of rotatable bonds is 8. The normalized spacial score (nSPS) is 17.2. The van der Waals surface area contributed by atoms with Crippen molar-refractivity contribution < 1.29 is 31.4 Å². The van der Waals surface area contributed by atoms with Crippen LogP contribution in [0.2, 0.25) is 0 Å². The Labute approximate surface area is 149 Å². The van der Waals surface area contributed by atoms with Crippen molar-refractivity contribution in [3.05, 3.63) is 18.2 Å².